The maximum Gasteiger partial charge on any atom is 0.262 e. The molecule has 0 bridgehead atoms. The second-order valence-corrected chi connectivity index (χ2v) is 7.63. The van der Waals surface area contributed by atoms with E-state index in [9.17, 15) is 4.79 Å². The monoisotopic (exact) mass is 424 g/mol. The van der Waals surface area contributed by atoms with Gasteiger partial charge in [0.25, 0.3) is 5.56 Å². The highest BCUT2D eigenvalue weighted by atomic mass is 35.5. The van der Waals surface area contributed by atoms with Gasteiger partial charge in [-0.05, 0) is 24.3 Å². The first-order chi connectivity index (χ1) is 14.1. The zero-order valence-corrected chi connectivity index (χ0v) is 16.7. The third kappa shape index (κ3) is 2.99. The van der Waals surface area contributed by atoms with Crippen LogP contribution in [0, 0.1) is 0 Å². The van der Waals surface area contributed by atoms with E-state index >= 15 is 0 Å². The molecular weight excluding hydrogens is 412 g/mol. The summed E-state index contributed by atoms with van der Waals surface area (Å²) in [5.74, 6) is 1.74. The Morgan fingerprint density at radius 3 is 2.76 bits per heavy atom. The Labute approximate surface area is 173 Å². The lowest BCUT2D eigenvalue weighted by atomic mass is 10.2. The highest BCUT2D eigenvalue weighted by molar-refractivity contribution is 7.98. The number of para-hydroxylation sites is 1. The lowest BCUT2D eigenvalue weighted by Gasteiger charge is -2.06. The number of aromatic nitrogens is 6. The molecule has 3 heterocycles. The summed E-state index contributed by atoms with van der Waals surface area (Å²) in [5.41, 5.74) is 1.35. The minimum Gasteiger partial charge on any atom is -0.338 e. The highest BCUT2D eigenvalue weighted by Gasteiger charge is 2.17. The van der Waals surface area contributed by atoms with Crippen molar-refractivity contribution in [1.29, 1.82) is 0 Å². The van der Waals surface area contributed by atoms with Crippen molar-refractivity contribution < 1.29 is 4.52 Å². The molecule has 3 aromatic heterocycles. The minimum atomic E-state index is -0.113. The van der Waals surface area contributed by atoms with Crippen LogP contribution in [0.15, 0.2) is 63.0 Å². The Bertz CT molecular complexity index is 1420. The average molecular weight is 425 g/mol. The van der Waals surface area contributed by atoms with Crippen molar-refractivity contribution in [3.8, 4) is 11.4 Å². The molecule has 0 aliphatic rings. The molecule has 0 saturated carbocycles. The molecule has 8 nitrogen and oxygen atoms in total. The Hall–Kier alpha value is -3.17. The molecule has 0 aliphatic heterocycles. The molecule has 0 spiro atoms. The zero-order valence-electron chi connectivity index (χ0n) is 15.1. The molecule has 0 N–H and O–H groups in total. The predicted molar refractivity (Wildman–Crippen MR) is 110 cm³/mol. The highest BCUT2D eigenvalue weighted by Crippen LogP contribution is 2.27. The normalized spacial score (nSPS) is 11.5. The van der Waals surface area contributed by atoms with E-state index in [-0.39, 0.29) is 5.56 Å². The molecule has 0 amide bonds. The van der Waals surface area contributed by atoms with Crippen molar-refractivity contribution in [2.24, 2.45) is 7.05 Å². The van der Waals surface area contributed by atoms with Gasteiger partial charge in [-0.25, -0.2) is 0 Å². The number of rotatable bonds is 4. The van der Waals surface area contributed by atoms with Gasteiger partial charge in [0.15, 0.2) is 5.16 Å². The van der Waals surface area contributed by atoms with Gasteiger partial charge in [-0.3, -0.25) is 13.8 Å². The molecule has 5 aromatic rings. The van der Waals surface area contributed by atoms with Gasteiger partial charge in [-0.15, -0.1) is 10.2 Å². The fourth-order valence-corrected chi connectivity index (χ4v) is 4.09. The number of thioether (sulfide) groups is 1. The number of aryl methyl sites for hydroxylation is 1. The first kappa shape index (κ1) is 17.9. The molecule has 0 unspecified atom stereocenters. The molecular formula is C19H13ClN6O2S. The molecule has 144 valence electrons. The van der Waals surface area contributed by atoms with Crippen LogP contribution < -0.4 is 5.56 Å². The van der Waals surface area contributed by atoms with E-state index in [0.717, 1.165) is 5.52 Å². The van der Waals surface area contributed by atoms with Gasteiger partial charge >= 0.3 is 0 Å². The van der Waals surface area contributed by atoms with E-state index < -0.39 is 0 Å². The molecule has 0 atom stereocenters. The number of benzene rings is 2. The molecule has 0 saturated heterocycles. The van der Waals surface area contributed by atoms with E-state index in [2.05, 4.69) is 20.3 Å². The third-order valence-electron chi connectivity index (χ3n) is 4.50. The second kappa shape index (κ2) is 7.02. The van der Waals surface area contributed by atoms with E-state index in [0.29, 0.717) is 44.4 Å². The average Bonchev–Trinajstić information content (AvgIpc) is 3.38. The summed E-state index contributed by atoms with van der Waals surface area (Å²) < 4.78 is 8.70. The molecule has 2 aromatic carbocycles. The van der Waals surface area contributed by atoms with Gasteiger partial charge in [-0.2, -0.15) is 4.98 Å². The van der Waals surface area contributed by atoms with Crippen LogP contribution in [-0.4, -0.2) is 29.3 Å². The smallest absolute Gasteiger partial charge is 0.262 e. The topological polar surface area (TPSA) is 91.1 Å². The van der Waals surface area contributed by atoms with Crippen molar-refractivity contribution in [2.75, 3.05) is 0 Å². The van der Waals surface area contributed by atoms with Gasteiger partial charge in [-0.1, -0.05) is 52.8 Å². The van der Waals surface area contributed by atoms with Crippen LogP contribution in [0.1, 0.15) is 5.89 Å². The molecule has 10 heteroatoms. The van der Waals surface area contributed by atoms with Gasteiger partial charge in [0.05, 0.1) is 21.7 Å². The van der Waals surface area contributed by atoms with Crippen LogP contribution >= 0.6 is 23.4 Å². The van der Waals surface area contributed by atoms with Gasteiger partial charge in [0.1, 0.15) is 0 Å². The summed E-state index contributed by atoms with van der Waals surface area (Å²) >= 11 is 7.59. The lowest BCUT2D eigenvalue weighted by Crippen LogP contribution is -2.20. The maximum atomic E-state index is 12.5. The van der Waals surface area contributed by atoms with Crippen molar-refractivity contribution >= 4 is 40.0 Å². The summed E-state index contributed by atoms with van der Waals surface area (Å²) in [4.78, 5) is 16.9. The molecule has 29 heavy (non-hydrogen) atoms. The fourth-order valence-electron chi connectivity index (χ4n) is 3.10. The van der Waals surface area contributed by atoms with Gasteiger partial charge in [0.2, 0.25) is 17.5 Å². The summed E-state index contributed by atoms with van der Waals surface area (Å²) in [6, 6.07) is 14.7. The van der Waals surface area contributed by atoms with Crippen LogP contribution in [0.4, 0.5) is 0 Å². The van der Waals surface area contributed by atoms with E-state index in [1.807, 2.05) is 40.8 Å². The number of nitrogens with zero attached hydrogens (tertiary/aromatic N) is 6. The Balaban J connectivity index is 1.50. The number of halogens is 1. The van der Waals surface area contributed by atoms with Crippen LogP contribution in [0.3, 0.4) is 0 Å². The fraction of sp³-hybridized carbons (Fsp3) is 0.105. The molecule has 0 aliphatic carbocycles. The molecule has 5 rings (SSSR count). The summed E-state index contributed by atoms with van der Waals surface area (Å²) in [5, 5.41) is 14.2. The predicted octanol–water partition coefficient (Wildman–Crippen LogP) is 3.58. The lowest BCUT2D eigenvalue weighted by molar-refractivity contribution is 0.391. The molecule has 0 fully saturated rings. The van der Waals surface area contributed by atoms with Crippen LogP contribution in [0.25, 0.3) is 28.1 Å². The van der Waals surface area contributed by atoms with Crippen LogP contribution in [0.2, 0.25) is 5.02 Å². The summed E-state index contributed by atoms with van der Waals surface area (Å²) in [7, 11) is 1.68. The number of fused-ring (bicyclic) bond motifs is 3. The SMILES string of the molecule is Cn1c(=O)c2ccccc2n2c(SCc3nc(-c4ccccc4Cl)no3)nnc12. The first-order valence-electron chi connectivity index (χ1n) is 8.66. The molecule has 0 radical (unpaired) electrons. The van der Waals surface area contributed by atoms with Crippen molar-refractivity contribution in [1.82, 2.24) is 29.3 Å². The van der Waals surface area contributed by atoms with E-state index in [1.54, 1.807) is 19.2 Å². The van der Waals surface area contributed by atoms with Gasteiger partial charge < -0.3 is 4.52 Å². The minimum absolute atomic E-state index is 0.113. The van der Waals surface area contributed by atoms with Crippen molar-refractivity contribution in [3.05, 3.63) is 69.8 Å². The Kier molecular flexibility index (Phi) is 4.33. The van der Waals surface area contributed by atoms with Crippen molar-refractivity contribution in [3.63, 3.8) is 0 Å². The first-order valence-corrected chi connectivity index (χ1v) is 10.0. The maximum absolute atomic E-state index is 12.5. The zero-order chi connectivity index (χ0) is 20.0. The number of hydrogen-bond acceptors (Lipinski definition) is 7. The third-order valence-corrected chi connectivity index (χ3v) is 5.75. The summed E-state index contributed by atoms with van der Waals surface area (Å²) in [6.07, 6.45) is 0. The van der Waals surface area contributed by atoms with Gasteiger partial charge in [0, 0.05) is 12.6 Å². The summed E-state index contributed by atoms with van der Waals surface area (Å²) in [6.45, 7) is 0. The Morgan fingerprint density at radius 2 is 1.90 bits per heavy atom. The van der Waals surface area contributed by atoms with E-state index in [1.165, 1.54) is 16.3 Å². The van der Waals surface area contributed by atoms with Crippen LogP contribution in [-0.2, 0) is 12.8 Å². The second-order valence-electron chi connectivity index (χ2n) is 6.28. The standard InChI is InChI=1S/C19H13ClN6O2S/c1-25-17(27)12-7-3-5-9-14(12)26-18(25)22-23-19(26)29-10-15-21-16(24-28-15)11-6-2-4-8-13(11)20/h2-9H,10H2,1H3. The quantitative estimate of drug-likeness (QED) is 0.407. The Morgan fingerprint density at radius 1 is 1.10 bits per heavy atom. The number of hydrogen-bond donors (Lipinski definition) is 0. The van der Waals surface area contributed by atoms with Crippen molar-refractivity contribution in [2.45, 2.75) is 10.9 Å². The van der Waals surface area contributed by atoms with Crippen LogP contribution in [0.5, 0.6) is 0 Å². The largest absolute Gasteiger partial charge is 0.338 e. The van der Waals surface area contributed by atoms with E-state index in [4.69, 9.17) is 16.1 Å².